The monoisotopic (exact) mass is 748 g/mol. The Kier molecular flexibility index (Phi) is 12.9. The van der Waals surface area contributed by atoms with Gasteiger partial charge in [0.15, 0.2) is 6.61 Å². The van der Waals surface area contributed by atoms with Crippen LogP contribution in [0.4, 0.5) is 4.79 Å². The zero-order valence-electron chi connectivity index (χ0n) is 31.3. The number of pyridine rings is 1. The molecule has 4 aliphatic rings. The molecule has 292 valence electrons. The highest BCUT2D eigenvalue weighted by atomic mass is 16.6. The van der Waals surface area contributed by atoms with Crippen LogP contribution in [-0.2, 0) is 28.7 Å². The predicted octanol–water partition coefficient (Wildman–Crippen LogP) is 3.25. The van der Waals surface area contributed by atoms with E-state index in [0.29, 0.717) is 23.9 Å². The molecule has 2 atom stereocenters. The average Bonchev–Trinajstić information content (AvgIpc) is 3.86. The van der Waals surface area contributed by atoms with Crippen molar-refractivity contribution in [1.82, 2.24) is 30.3 Å². The summed E-state index contributed by atoms with van der Waals surface area (Å²) in [6, 6.07) is 5.47. The molecule has 5 amide bonds. The third-order valence-electron chi connectivity index (χ3n) is 10.8. The van der Waals surface area contributed by atoms with Gasteiger partial charge >= 0.3 is 12.1 Å². The Hall–Kier alpha value is -4.95. The third-order valence-corrected chi connectivity index (χ3v) is 10.8. The molecule has 2 aliphatic heterocycles. The zero-order valence-corrected chi connectivity index (χ0v) is 31.3. The Morgan fingerprint density at radius 2 is 1.63 bits per heavy atom. The maximum absolute atomic E-state index is 13.9. The molecule has 0 spiro atoms. The maximum atomic E-state index is 13.9. The molecule has 15 nitrogen and oxygen atoms in total. The van der Waals surface area contributed by atoms with E-state index in [9.17, 15) is 28.8 Å². The molecule has 1 aromatic carbocycles. The summed E-state index contributed by atoms with van der Waals surface area (Å²) in [4.78, 5) is 88.5. The normalized spacial score (nSPS) is 19.6. The molecule has 3 heterocycles. The number of hydrogen-bond acceptors (Lipinski definition) is 10. The van der Waals surface area contributed by atoms with Crippen LogP contribution in [0.25, 0.3) is 10.9 Å². The summed E-state index contributed by atoms with van der Waals surface area (Å²) in [5.41, 5.74) is 1.32. The fourth-order valence-electron chi connectivity index (χ4n) is 7.50. The Morgan fingerprint density at radius 1 is 0.889 bits per heavy atom. The van der Waals surface area contributed by atoms with Gasteiger partial charge in [-0.05, 0) is 95.8 Å². The standard InChI is InChI=1S/C39H52N6O9/c1-3-52-39(51)44-20-18-43(19-21-44)38(50)29(15-16-35(47)54-27-10-4-5-11-27)42-36(48)31-23-33(28-14-13-25(2)22-30(28)41-31)53-24-34(46)45-17-7-12-32(45)37(49)40-26-8-6-9-26/h13-14,22-23,26-27,29,32H,3-12,15-21,24H2,1-2H3,(H,40,49)(H,42,48)/t29-,32-/m0/s1. The Morgan fingerprint density at radius 3 is 2.33 bits per heavy atom. The number of ether oxygens (including phenoxy) is 3. The van der Waals surface area contributed by atoms with Crippen molar-refractivity contribution in [3.63, 3.8) is 0 Å². The zero-order chi connectivity index (χ0) is 38.2. The summed E-state index contributed by atoms with van der Waals surface area (Å²) < 4.78 is 16.8. The molecule has 2 saturated carbocycles. The van der Waals surface area contributed by atoms with E-state index in [1.807, 2.05) is 19.1 Å². The molecular weight excluding hydrogens is 696 g/mol. The van der Waals surface area contributed by atoms with Crippen molar-refractivity contribution in [2.45, 2.75) is 109 Å². The number of piperazine rings is 1. The summed E-state index contributed by atoms with van der Waals surface area (Å²) in [6.45, 7) is 4.97. The summed E-state index contributed by atoms with van der Waals surface area (Å²) >= 11 is 0. The van der Waals surface area contributed by atoms with E-state index in [-0.39, 0.29) is 93.5 Å². The van der Waals surface area contributed by atoms with Gasteiger partial charge in [-0.15, -0.1) is 0 Å². The number of amides is 5. The molecule has 54 heavy (non-hydrogen) atoms. The Bertz CT molecular complexity index is 1720. The second-order valence-electron chi connectivity index (χ2n) is 14.7. The molecule has 2 aromatic rings. The van der Waals surface area contributed by atoms with Gasteiger partial charge in [0.05, 0.1) is 12.1 Å². The molecule has 2 saturated heterocycles. The van der Waals surface area contributed by atoms with E-state index in [1.165, 1.54) is 11.0 Å². The van der Waals surface area contributed by atoms with Gasteiger partial charge in [-0.3, -0.25) is 24.0 Å². The average molecular weight is 749 g/mol. The molecular formula is C39H52N6O9. The van der Waals surface area contributed by atoms with E-state index in [4.69, 9.17) is 14.2 Å². The van der Waals surface area contributed by atoms with E-state index in [1.54, 1.807) is 22.8 Å². The molecule has 4 fully saturated rings. The fraction of sp³-hybridized carbons (Fsp3) is 0.615. The van der Waals surface area contributed by atoms with E-state index in [0.717, 1.165) is 56.9 Å². The van der Waals surface area contributed by atoms with Gasteiger partial charge in [0, 0.05) is 56.6 Å². The minimum absolute atomic E-state index is 0.00406. The number of carbonyl (C=O) groups excluding carboxylic acids is 6. The van der Waals surface area contributed by atoms with Crippen molar-refractivity contribution in [3.05, 3.63) is 35.5 Å². The molecule has 1 aromatic heterocycles. The molecule has 15 heteroatoms. The number of aryl methyl sites for hydroxylation is 1. The lowest BCUT2D eigenvalue weighted by Gasteiger charge is -2.36. The number of carbonyl (C=O) groups is 6. The Balaban J connectivity index is 1.16. The van der Waals surface area contributed by atoms with E-state index >= 15 is 0 Å². The first-order valence-corrected chi connectivity index (χ1v) is 19.4. The van der Waals surface area contributed by atoms with Crippen LogP contribution in [0.1, 0.15) is 93.6 Å². The maximum Gasteiger partial charge on any atom is 0.409 e. The first-order chi connectivity index (χ1) is 26.1. The third kappa shape index (κ3) is 9.58. The highest BCUT2D eigenvalue weighted by molar-refractivity contribution is 5.99. The van der Waals surface area contributed by atoms with E-state index in [2.05, 4.69) is 15.6 Å². The largest absolute Gasteiger partial charge is 0.483 e. The molecule has 6 rings (SSSR count). The lowest BCUT2D eigenvalue weighted by atomic mass is 9.93. The minimum Gasteiger partial charge on any atom is -0.483 e. The summed E-state index contributed by atoms with van der Waals surface area (Å²) in [5, 5.41) is 6.46. The number of hydrogen-bond donors (Lipinski definition) is 2. The van der Waals surface area contributed by atoms with Crippen LogP contribution < -0.4 is 15.4 Å². The first kappa shape index (κ1) is 38.8. The van der Waals surface area contributed by atoms with Crippen molar-refractivity contribution in [2.75, 3.05) is 45.9 Å². The van der Waals surface area contributed by atoms with Gasteiger partial charge in [-0.25, -0.2) is 9.78 Å². The second-order valence-corrected chi connectivity index (χ2v) is 14.7. The molecule has 2 N–H and O–H groups in total. The summed E-state index contributed by atoms with van der Waals surface area (Å²) in [7, 11) is 0. The number of rotatable bonds is 13. The van der Waals surface area contributed by atoms with Crippen LogP contribution >= 0.6 is 0 Å². The number of esters is 1. The SMILES string of the molecule is CCOC(=O)N1CCN(C(=O)[C@H](CCC(=O)OC2CCCC2)NC(=O)c2cc(OCC(=O)N3CCC[C@H]3C(=O)NC3CCC3)c3ccc(C)cc3n2)CC1. The summed E-state index contributed by atoms with van der Waals surface area (Å²) in [5.74, 6) is -1.68. The first-order valence-electron chi connectivity index (χ1n) is 19.4. The van der Waals surface area contributed by atoms with Crippen LogP contribution in [0, 0.1) is 6.92 Å². The predicted molar refractivity (Wildman–Crippen MR) is 197 cm³/mol. The van der Waals surface area contributed by atoms with Gasteiger partial charge in [0.25, 0.3) is 11.8 Å². The van der Waals surface area contributed by atoms with Gasteiger partial charge in [-0.1, -0.05) is 6.07 Å². The highest BCUT2D eigenvalue weighted by Gasteiger charge is 2.36. The van der Waals surface area contributed by atoms with Gasteiger partial charge in [0.1, 0.15) is 29.6 Å². The van der Waals surface area contributed by atoms with Gasteiger partial charge in [-0.2, -0.15) is 0 Å². The van der Waals surface area contributed by atoms with Crippen LogP contribution in [0.2, 0.25) is 0 Å². The number of likely N-dealkylation sites (tertiary alicyclic amines) is 1. The molecule has 0 radical (unpaired) electrons. The smallest absolute Gasteiger partial charge is 0.409 e. The van der Waals surface area contributed by atoms with Crippen molar-refractivity contribution in [2.24, 2.45) is 0 Å². The Labute approximate surface area is 315 Å². The van der Waals surface area contributed by atoms with Crippen LogP contribution in [0.15, 0.2) is 24.3 Å². The van der Waals surface area contributed by atoms with Crippen molar-refractivity contribution >= 4 is 46.6 Å². The number of nitrogens with zero attached hydrogens (tertiary/aromatic N) is 4. The lowest BCUT2D eigenvalue weighted by Crippen LogP contribution is -2.56. The summed E-state index contributed by atoms with van der Waals surface area (Å²) in [6.07, 6.45) is 7.28. The molecule has 0 bridgehead atoms. The van der Waals surface area contributed by atoms with Crippen LogP contribution in [0.5, 0.6) is 5.75 Å². The van der Waals surface area contributed by atoms with Gasteiger partial charge < -0.3 is 39.5 Å². The van der Waals surface area contributed by atoms with Crippen molar-refractivity contribution < 1.29 is 43.0 Å². The van der Waals surface area contributed by atoms with Crippen LogP contribution in [0.3, 0.4) is 0 Å². The van der Waals surface area contributed by atoms with Crippen LogP contribution in [-0.4, -0.2) is 126 Å². The molecule has 2 aliphatic carbocycles. The topological polar surface area (TPSA) is 177 Å². The number of nitrogens with one attached hydrogen (secondary N) is 2. The van der Waals surface area contributed by atoms with E-state index < -0.39 is 30.1 Å². The number of benzene rings is 1. The fourth-order valence-corrected chi connectivity index (χ4v) is 7.50. The van der Waals surface area contributed by atoms with Gasteiger partial charge in [0.2, 0.25) is 11.8 Å². The lowest BCUT2D eigenvalue weighted by molar-refractivity contribution is -0.149. The van der Waals surface area contributed by atoms with Crippen molar-refractivity contribution in [1.29, 1.82) is 0 Å². The quantitative estimate of drug-likeness (QED) is 0.289. The highest BCUT2D eigenvalue weighted by Crippen LogP contribution is 2.28. The van der Waals surface area contributed by atoms with Crippen molar-refractivity contribution in [3.8, 4) is 5.75 Å². The molecule has 0 unspecified atom stereocenters. The second kappa shape index (κ2) is 17.9. The number of aromatic nitrogens is 1. The minimum atomic E-state index is -1.08. The number of fused-ring (bicyclic) bond motifs is 1.